The van der Waals surface area contributed by atoms with E-state index < -0.39 is 0 Å². The van der Waals surface area contributed by atoms with Gasteiger partial charge in [-0.25, -0.2) is 0 Å². The first-order valence-corrected chi connectivity index (χ1v) is 9.56. The monoisotopic (exact) mass is 401 g/mol. The molecule has 0 bridgehead atoms. The van der Waals surface area contributed by atoms with Crippen molar-refractivity contribution in [1.29, 1.82) is 0 Å². The van der Waals surface area contributed by atoms with E-state index in [1.165, 1.54) is 6.07 Å². The van der Waals surface area contributed by atoms with Gasteiger partial charge < -0.3 is 18.5 Å². The molecule has 0 spiro atoms. The third kappa shape index (κ3) is 3.84. The number of rotatable bonds is 5. The molecule has 6 nitrogen and oxygen atoms in total. The quantitative estimate of drug-likeness (QED) is 0.641. The van der Waals surface area contributed by atoms with E-state index in [2.05, 4.69) is 0 Å². The third-order valence-corrected chi connectivity index (χ3v) is 5.29. The Morgan fingerprint density at radius 2 is 2.18 bits per heavy atom. The van der Waals surface area contributed by atoms with Crippen LogP contribution < -0.4 is 5.43 Å². The number of carbonyl (C=O) groups excluding carboxylic acids is 1. The number of carbonyl (C=O) groups is 1. The lowest BCUT2D eigenvalue weighted by atomic mass is 10.1. The molecule has 0 saturated carbocycles. The molecule has 4 rings (SSSR count). The molecule has 3 aromatic rings. The van der Waals surface area contributed by atoms with Crippen LogP contribution in [0.5, 0.6) is 0 Å². The van der Waals surface area contributed by atoms with Crippen LogP contribution in [0.25, 0.3) is 11.0 Å². The van der Waals surface area contributed by atoms with Gasteiger partial charge in [-0.2, -0.15) is 0 Å². The first-order valence-electron chi connectivity index (χ1n) is 9.18. The largest absolute Gasteiger partial charge is 0.467 e. The summed E-state index contributed by atoms with van der Waals surface area (Å²) in [4.78, 5) is 27.3. The number of benzene rings is 1. The van der Waals surface area contributed by atoms with Crippen LogP contribution in [0.3, 0.4) is 0 Å². The summed E-state index contributed by atoms with van der Waals surface area (Å²) in [7, 11) is 0. The van der Waals surface area contributed by atoms with Crippen LogP contribution in [0.4, 0.5) is 0 Å². The van der Waals surface area contributed by atoms with Gasteiger partial charge in [0.15, 0.2) is 11.2 Å². The summed E-state index contributed by atoms with van der Waals surface area (Å²) in [6.45, 7) is 3.18. The van der Waals surface area contributed by atoms with Gasteiger partial charge in [-0.3, -0.25) is 9.59 Å². The summed E-state index contributed by atoms with van der Waals surface area (Å²) in [5.41, 5.74) is 0.808. The van der Waals surface area contributed by atoms with Crippen LogP contribution in [0.2, 0.25) is 5.02 Å². The van der Waals surface area contributed by atoms with Crippen LogP contribution in [-0.2, 0) is 11.3 Å². The number of amides is 1. The number of furan rings is 1. The molecule has 0 aliphatic carbocycles. The standard InChI is InChI=1S/C21H20ClNO5/c1-13-8-19-16(9-17(13)22)18(24)10-20(28-19)21(25)23(11-14-4-2-6-26-14)12-15-5-3-7-27-15/h2,4,6,8-10,15H,3,5,7,11-12H2,1H3. The lowest BCUT2D eigenvalue weighted by Crippen LogP contribution is -2.37. The number of nitrogens with zero attached hydrogens (tertiary/aromatic N) is 1. The molecule has 1 unspecified atom stereocenters. The summed E-state index contributed by atoms with van der Waals surface area (Å²) in [5.74, 6) is 0.263. The Labute approximate surface area is 166 Å². The molecular formula is C21H20ClNO5. The second kappa shape index (κ2) is 7.81. The van der Waals surface area contributed by atoms with E-state index in [0.29, 0.717) is 34.9 Å². The Bertz CT molecular complexity index is 1050. The Kier molecular flexibility index (Phi) is 5.24. The average molecular weight is 402 g/mol. The minimum Gasteiger partial charge on any atom is -0.467 e. The van der Waals surface area contributed by atoms with Gasteiger partial charge in [-0.1, -0.05) is 11.6 Å². The minimum atomic E-state index is -0.376. The lowest BCUT2D eigenvalue weighted by molar-refractivity contribution is 0.0469. The molecule has 1 amide bonds. The van der Waals surface area contributed by atoms with Crippen LogP contribution in [0, 0.1) is 6.92 Å². The van der Waals surface area contributed by atoms with E-state index in [1.54, 1.807) is 35.4 Å². The molecule has 1 aliphatic heterocycles. The highest BCUT2D eigenvalue weighted by Gasteiger charge is 2.26. The molecular weight excluding hydrogens is 382 g/mol. The van der Waals surface area contributed by atoms with E-state index in [4.69, 9.17) is 25.2 Å². The maximum atomic E-state index is 13.2. The summed E-state index contributed by atoms with van der Waals surface area (Å²) in [5, 5.41) is 0.834. The molecule has 28 heavy (non-hydrogen) atoms. The smallest absolute Gasteiger partial charge is 0.290 e. The number of hydrogen-bond donors (Lipinski definition) is 0. The first-order chi connectivity index (χ1) is 13.5. The number of ether oxygens (including phenoxy) is 1. The van der Waals surface area contributed by atoms with Crippen molar-refractivity contribution in [3.63, 3.8) is 0 Å². The molecule has 1 aromatic carbocycles. The summed E-state index contributed by atoms with van der Waals surface area (Å²) in [6, 6.07) is 8.04. The van der Waals surface area contributed by atoms with Gasteiger partial charge >= 0.3 is 0 Å². The molecule has 1 saturated heterocycles. The SMILES string of the molecule is Cc1cc2oc(C(=O)N(Cc3ccco3)CC3CCCO3)cc(=O)c2cc1Cl. The fourth-order valence-corrected chi connectivity index (χ4v) is 3.55. The second-order valence-electron chi connectivity index (χ2n) is 6.97. The summed E-state index contributed by atoms with van der Waals surface area (Å²) >= 11 is 6.11. The van der Waals surface area contributed by atoms with Crippen molar-refractivity contribution in [2.24, 2.45) is 0 Å². The average Bonchev–Trinajstić information content (AvgIpc) is 3.36. The van der Waals surface area contributed by atoms with Crippen molar-refractivity contribution in [3.05, 3.63) is 68.9 Å². The van der Waals surface area contributed by atoms with E-state index in [1.807, 2.05) is 6.92 Å². The van der Waals surface area contributed by atoms with Crippen molar-refractivity contribution in [3.8, 4) is 0 Å². The Morgan fingerprint density at radius 3 is 2.89 bits per heavy atom. The molecule has 146 valence electrons. The van der Waals surface area contributed by atoms with Crippen LogP contribution in [0.15, 0.2) is 50.2 Å². The van der Waals surface area contributed by atoms with Gasteiger partial charge in [0.1, 0.15) is 11.3 Å². The van der Waals surface area contributed by atoms with Gasteiger partial charge in [0.2, 0.25) is 0 Å². The first kappa shape index (κ1) is 18.8. The molecule has 7 heteroatoms. The molecule has 1 atom stereocenters. The third-order valence-electron chi connectivity index (χ3n) is 4.88. The zero-order chi connectivity index (χ0) is 19.7. The van der Waals surface area contributed by atoms with Gasteiger partial charge in [0.25, 0.3) is 5.91 Å². The molecule has 1 aliphatic rings. The van der Waals surface area contributed by atoms with Gasteiger partial charge in [-0.05, 0) is 49.6 Å². The minimum absolute atomic E-state index is 0.0104. The van der Waals surface area contributed by atoms with Crippen molar-refractivity contribution in [1.82, 2.24) is 4.90 Å². The molecule has 0 N–H and O–H groups in total. The topological polar surface area (TPSA) is 72.9 Å². The van der Waals surface area contributed by atoms with Gasteiger partial charge in [0, 0.05) is 24.2 Å². The number of hydrogen-bond acceptors (Lipinski definition) is 5. The van der Waals surface area contributed by atoms with Crippen molar-refractivity contribution < 1.29 is 18.4 Å². The van der Waals surface area contributed by atoms with Crippen molar-refractivity contribution >= 4 is 28.5 Å². The van der Waals surface area contributed by atoms with Crippen LogP contribution in [0.1, 0.15) is 34.7 Å². The second-order valence-corrected chi connectivity index (χ2v) is 7.38. The summed E-state index contributed by atoms with van der Waals surface area (Å²) < 4.78 is 16.9. The molecule has 2 aromatic heterocycles. The van der Waals surface area contributed by atoms with Crippen LogP contribution in [-0.4, -0.2) is 30.1 Å². The maximum absolute atomic E-state index is 13.2. The van der Waals surface area contributed by atoms with Gasteiger partial charge in [0.05, 0.1) is 24.3 Å². The van der Waals surface area contributed by atoms with Crippen molar-refractivity contribution in [2.45, 2.75) is 32.4 Å². The number of aryl methyl sites for hydroxylation is 1. The highest BCUT2D eigenvalue weighted by Crippen LogP contribution is 2.23. The maximum Gasteiger partial charge on any atom is 0.290 e. The van der Waals surface area contributed by atoms with E-state index in [-0.39, 0.29) is 29.7 Å². The lowest BCUT2D eigenvalue weighted by Gasteiger charge is -2.24. The predicted molar refractivity (Wildman–Crippen MR) is 105 cm³/mol. The van der Waals surface area contributed by atoms with Crippen LogP contribution >= 0.6 is 11.6 Å². The van der Waals surface area contributed by atoms with Gasteiger partial charge in [-0.15, -0.1) is 0 Å². The zero-order valence-corrected chi connectivity index (χ0v) is 16.2. The van der Waals surface area contributed by atoms with Crippen molar-refractivity contribution in [2.75, 3.05) is 13.2 Å². The van der Waals surface area contributed by atoms with E-state index in [0.717, 1.165) is 18.4 Å². The number of fused-ring (bicyclic) bond motifs is 1. The highest BCUT2D eigenvalue weighted by atomic mass is 35.5. The fourth-order valence-electron chi connectivity index (χ4n) is 3.38. The molecule has 1 fully saturated rings. The Morgan fingerprint density at radius 1 is 1.32 bits per heavy atom. The fraction of sp³-hybridized carbons (Fsp3) is 0.333. The Balaban J connectivity index is 1.68. The highest BCUT2D eigenvalue weighted by molar-refractivity contribution is 6.32. The number of halogens is 1. The zero-order valence-electron chi connectivity index (χ0n) is 15.4. The summed E-state index contributed by atoms with van der Waals surface area (Å²) in [6.07, 6.45) is 3.39. The molecule has 3 heterocycles. The van der Waals surface area contributed by atoms with E-state index in [9.17, 15) is 9.59 Å². The Hall–Kier alpha value is -2.57. The molecule has 0 radical (unpaired) electrons. The normalized spacial score (nSPS) is 16.6. The van der Waals surface area contributed by atoms with E-state index >= 15 is 0 Å². The predicted octanol–water partition coefficient (Wildman–Crippen LogP) is 4.17.